The third-order valence-corrected chi connectivity index (χ3v) is 4.03. The Bertz CT molecular complexity index is 293. The summed E-state index contributed by atoms with van der Waals surface area (Å²) in [5.41, 5.74) is 2.01. The Kier molecular flexibility index (Phi) is 2.96. The van der Waals surface area contributed by atoms with Crippen LogP contribution in [0.1, 0.15) is 31.7 Å². The highest BCUT2D eigenvalue weighted by atomic mass is 79.9. The molecular weight excluding hydrogens is 236 g/mol. The van der Waals surface area contributed by atoms with E-state index in [0.29, 0.717) is 5.41 Å². The maximum absolute atomic E-state index is 3.73. The number of halogens is 1. The lowest BCUT2D eigenvalue weighted by Crippen LogP contribution is -2.15. The second kappa shape index (κ2) is 4.06. The molecule has 1 aromatic carbocycles. The molecule has 0 nitrogen and oxygen atoms in total. The fraction of sp³-hybridized carbons (Fsp3) is 0.538. The molecule has 1 aliphatic carbocycles. The van der Waals surface area contributed by atoms with E-state index in [4.69, 9.17) is 0 Å². The van der Waals surface area contributed by atoms with E-state index in [2.05, 4.69) is 53.2 Å². The molecule has 0 radical (unpaired) electrons. The van der Waals surface area contributed by atoms with Gasteiger partial charge in [-0.2, -0.15) is 0 Å². The molecular formula is C13H17Br. The summed E-state index contributed by atoms with van der Waals surface area (Å²) in [6, 6.07) is 10.9. The Balaban J connectivity index is 2.04. The van der Waals surface area contributed by atoms with Gasteiger partial charge in [0.15, 0.2) is 0 Å². The minimum Gasteiger partial charge on any atom is -0.0890 e. The van der Waals surface area contributed by atoms with Gasteiger partial charge in [0.1, 0.15) is 0 Å². The summed E-state index contributed by atoms with van der Waals surface area (Å²) in [5.74, 6) is 0. The van der Waals surface area contributed by atoms with Gasteiger partial charge in [-0.25, -0.2) is 0 Å². The second-order valence-corrected chi connectivity index (χ2v) is 6.11. The van der Waals surface area contributed by atoms with E-state index in [0.717, 1.165) is 4.83 Å². The maximum atomic E-state index is 3.73. The lowest BCUT2D eigenvalue weighted by atomic mass is 9.82. The summed E-state index contributed by atoms with van der Waals surface area (Å²) in [5, 5.41) is 0. The molecule has 0 bridgehead atoms. The van der Waals surface area contributed by atoms with E-state index in [9.17, 15) is 0 Å². The monoisotopic (exact) mass is 252 g/mol. The highest BCUT2D eigenvalue weighted by Gasteiger charge is 2.33. The molecule has 0 spiro atoms. The first-order valence-corrected chi connectivity index (χ1v) is 6.28. The summed E-state index contributed by atoms with van der Waals surface area (Å²) < 4.78 is 0. The molecule has 1 fully saturated rings. The molecule has 0 aromatic heterocycles. The van der Waals surface area contributed by atoms with Crippen molar-refractivity contribution >= 4 is 15.9 Å². The van der Waals surface area contributed by atoms with E-state index in [1.165, 1.54) is 31.2 Å². The minimum atomic E-state index is 0.523. The molecule has 14 heavy (non-hydrogen) atoms. The van der Waals surface area contributed by atoms with Gasteiger partial charge in [0.05, 0.1) is 0 Å². The average Bonchev–Trinajstić information content (AvgIpc) is 2.47. The molecule has 2 rings (SSSR count). The SMILES string of the molecule is CC1(Cc2ccccc2)CCC(Br)C1. The van der Waals surface area contributed by atoms with Crippen molar-refractivity contribution in [2.24, 2.45) is 5.41 Å². The van der Waals surface area contributed by atoms with Crippen LogP contribution in [0.4, 0.5) is 0 Å². The van der Waals surface area contributed by atoms with Crippen molar-refractivity contribution in [3.05, 3.63) is 35.9 Å². The van der Waals surface area contributed by atoms with Crippen molar-refractivity contribution in [3.63, 3.8) is 0 Å². The summed E-state index contributed by atoms with van der Waals surface area (Å²) in [6.45, 7) is 2.42. The zero-order valence-corrected chi connectivity index (χ0v) is 10.3. The van der Waals surface area contributed by atoms with Crippen molar-refractivity contribution in [2.75, 3.05) is 0 Å². The van der Waals surface area contributed by atoms with Crippen LogP contribution in [0.25, 0.3) is 0 Å². The predicted molar refractivity (Wildman–Crippen MR) is 64.8 cm³/mol. The van der Waals surface area contributed by atoms with Gasteiger partial charge in [-0.1, -0.05) is 53.2 Å². The van der Waals surface area contributed by atoms with E-state index >= 15 is 0 Å². The zero-order chi connectivity index (χ0) is 10.0. The van der Waals surface area contributed by atoms with Crippen LogP contribution in [0.5, 0.6) is 0 Å². The summed E-state index contributed by atoms with van der Waals surface area (Å²) in [6.07, 6.45) is 5.25. The lowest BCUT2D eigenvalue weighted by molar-refractivity contribution is 0.336. The van der Waals surface area contributed by atoms with Crippen LogP contribution in [-0.4, -0.2) is 4.83 Å². The fourth-order valence-corrected chi connectivity index (χ4v) is 3.50. The van der Waals surface area contributed by atoms with Crippen molar-refractivity contribution < 1.29 is 0 Å². The molecule has 1 saturated carbocycles. The van der Waals surface area contributed by atoms with Gasteiger partial charge in [0.2, 0.25) is 0 Å². The normalized spacial score (nSPS) is 32.0. The van der Waals surface area contributed by atoms with Crippen molar-refractivity contribution in [2.45, 2.75) is 37.4 Å². The van der Waals surface area contributed by atoms with Crippen molar-refractivity contribution in [3.8, 4) is 0 Å². The summed E-state index contributed by atoms with van der Waals surface area (Å²) in [7, 11) is 0. The summed E-state index contributed by atoms with van der Waals surface area (Å²) in [4.78, 5) is 0.746. The molecule has 1 aromatic rings. The topological polar surface area (TPSA) is 0 Å². The Labute approximate surface area is 94.8 Å². The first-order chi connectivity index (χ1) is 6.68. The largest absolute Gasteiger partial charge is 0.0890 e. The van der Waals surface area contributed by atoms with Gasteiger partial charge in [-0.3, -0.25) is 0 Å². The Hall–Kier alpha value is -0.300. The molecule has 0 saturated heterocycles. The number of benzene rings is 1. The number of rotatable bonds is 2. The van der Waals surface area contributed by atoms with Crippen LogP contribution >= 0.6 is 15.9 Å². The van der Waals surface area contributed by atoms with Gasteiger partial charge in [0, 0.05) is 4.83 Å². The van der Waals surface area contributed by atoms with Crippen LogP contribution in [0.3, 0.4) is 0 Å². The standard InChI is InChI=1S/C13H17Br/c1-13(8-7-12(14)10-13)9-11-5-3-2-4-6-11/h2-6,12H,7-10H2,1H3. The second-order valence-electron chi connectivity index (χ2n) is 4.81. The maximum Gasteiger partial charge on any atom is 0.0151 e. The summed E-state index contributed by atoms with van der Waals surface area (Å²) >= 11 is 3.73. The van der Waals surface area contributed by atoms with Gasteiger partial charge in [0.25, 0.3) is 0 Å². The third kappa shape index (κ3) is 2.38. The quantitative estimate of drug-likeness (QED) is 0.693. The number of hydrogen-bond acceptors (Lipinski definition) is 0. The Morgan fingerprint density at radius 2 is 2.07 bits per heavy atom. The minimum absolute atomic E-state index is 0.523. The van der Waals surface area contributed by atoms with Crippen LogP contribution in [0.2, 0.25) is 0 Å². The van der Waals surface area contributed by atoms with Gasteiger partial charge < -0.3 is 0 Å². The number of alkyl halides is 1. The fourth-order valence-electron chi connectivity index (χ4n) is 2.49. The Morgan fingerprint density at radius 3 is 2.64 bits per heavy atom. The average molecular weight is 253 g/mol. The van der Waals surface area contributed by atoms with Gasteiger partial charge >= 0.3 is 0 Å². The highest BCUT2D eigenvalue weighted by molar-refractivity contribution is 9.09. The molecule has 0 heterocycles. The van der Waals surface area contributed by atoms with Crippen molar-refractivity contribution in [1.82, 2.24) is 0 Å². The van der Waals surface area contributed by atoms with Crippen LogP contribution in [0, 0.1) is 5.41 Å². The first-order valence-electron chi connectivity index (χ1n) is 5.36. The molecule has 0 aliphatic heterocycles. The third-order valence-electron chi connectivity index (χ3n) is 3.25. The van der Waals surface area contributed by atoms with Gasteiger partial charge in [-0.05, 0) is 36.7 Å². The molecule has 1 aliphatic rings. The van der Waals surface area contributed by atoms with Crippen LogP contribution in [-0.2, 0) is 6.42 Å². The lowest BCUT2D eigenvalue weighted by Gasteiger charge is -2.23. The highest BCUT2D eigenvalue weighted by Crippen LogP contribution is 2.43. The molecule has 0 amide bonds. The molecule has 0 N–H and O–H groups in total. The van der Waals surface area contributed by atoms with E-state index in [-0.39, 0.29) is 0 Å². The molecule has 76 valence electrons. The predicted octanol–water partition coefficient (Wildman–Crippen LogP) is 4.18. The Morgan fingerprint density at radius 1 is 1.36 bits per heavy atom. The van der Waals surface area contributed by atoms with Crippen molar-refractivity contribution in [1.29, 1.82) is 0 Å². The van der Waals surface area contributed by atoms with Crippen LogP contribution < -0.4 is 0 Å². The zero-order valence-electron chi connectivity index (χ0n) is 8.67. The molecule has 2 atom stereocenters. The van der Waals surface area contributed by atoms with Gasteiger partial charge in [-0.15, -0.1) is 0 Å². The smallest absolute Gasteiger partial charge is 0.0151 e. The molecule has 2 unspecified atom stereocenters. The first kappa shape index (κ1) is 10.2. The van der Waals surface area contributed by atoms with Crippen LogP contribution in [0.15, 0.2) is 30.3 Å². The van der Waals surface area contributed by atoms with E-state index < -0.39 is 0 Å². The number of hydrogen-bond donors (Lipinski definition) is 0. The molecule has 1 heteroatoms. The van der Waals surface area contributed by atoms with E-state index in [1.807, 2.05) is 0 Å². The van der Waals surface area contributed by atoms with E-state index in [1.54, 1.807) is 0 Å².